The predicted octanol–water partition coefficient (Wildman–Crippen LogP) is 4.18. The van der Waals surface area contributed by atoms with Crippen LogP contribution in [-0.2, 0) is 11.3 Å². The van der Waals surface area contributed by atoms with Gasteiger partial charge in [0.2, 0.25) is 5.95 Å². The van der Waals surface area contributed by atoms with Crippen molar-refractivity contribution in [3.8, 4) is 22.4 Å². The highest BCUT2D eigenvalue weighted by Crippen LogP contribution is 2.31. The van der Waals surface area contributed by atoms with Gasteiger partial charge in [0.15, 0.2) is 0 Å². The van der Waals surface area contributed by atoms with Gasteiger partial charge >= 0.3 is 0 Å². The van der Waals surface area contributed by atoms with Crippen molar-refractivity contribution in [3.05, 3.63) is 64.4 Å². The Labute approximate surface area is 195 Å². The third-order valence-electron chi connectivity index (χ3n) is 5.82. The molecular weight excluding hydrogens is 440 g/mol. The molecule has 1 saturated heterocycles. The number of anilines is 1. The van der Waals surface area contributed by atoms with Crippen LogP contribution >= 0.6 is 11.6 Å². The number of aryl methyl sites for hydroxylation is 1. The lowest BCUT2D eigenvalue weighted by Gasteiger charge is -2.23. The van der Waals surface area contributed by atoms with Gasteiger partial charge < -0.3 is 10.1 Å². The molecule has 0 aliphatic carbocycles. The number of hydrogen-bond donors (Lipinski definition) is 1. The molecule has 0 radical (unpaired) electrons. The molecule has 1 N–H and O–H groups in total. The van der Waals surface area contributed by atoms with Gasteiger partial charge in [-0.05, 0) is 31.9 Å². The van der Waals surface area contributed by atoms with Crippen LogP contribution in [-0.4, -0.2) is 43.8 Å². The minimum atomic E-state index is -0.144. The highest BCUT2D eigenvalue weighted by molar-refractivity contribution is 6.33. The molecule has 0 spiro atoms. The second kappa shape index (κ2) is 9.25. The fourth-order valence-electron chi connectivity index (χ4n) is 4.08. The lowest BCUT2D eigenvalue weighted by Crippen LogP contribution is -2.29. The highest BCUT2D eigenvalue weighted by atomic mass is 35.5. The van der Waals surface area contributed by atoms with Crippen LogP contribution in [0.25, 0.3) is 33.4 Å². The second-order valence-corrected chi connectivity index (χ2v) is 8.30. The number of nitrogens with one attached hydrogen (secondary N) is 1. The largest absolute Gasteiger partial charge is 0.381 e. The Kier molecular flexibility index (Phi) is 6.02. The zero-order valence-corrected chi connectivity index (χ0v) is 18.9. The van der Waals surface area contributed by atoms with E-state index in [9.17, 15) is 4.79 Å². The van der Waals surface area contributed by atoms with E-state index in [2.05, 4.69) is 25.3 Å². The van der Waals surface area contributed by atoms with Crippen LogP contribution in [0, 0.1) is 0 Å². The number of ether oxygens (including phenoxy) is 1. The topological polar surface area (TPSA) is 94.8 Å². The number of nitrogens with zero attached hydrogens (tertiary/aromatic N) is 5. The Morgan fingerprint density at radius 2 is 1.97 bits per heavy atom. The first-order chi connectivity index (χ1) is 16.1. The van der Waals surface area contributed by atoms with Crippen molar-refractivity contribution in [2.45, 2.75) is 32.4 Å². The first-order valence-electron chi connectivity index (χ1n) is 10.9. The Bertz CT molecular complexity index is 1350. The number of aromatic nitrogens is 5. The SMILES string of the molecule is CCn1c(=O)c(-c2ccc(-c3cnccn3)cc2Cl)cc2cnc(NC3CCOCC3)nc21. The molecule has 0 saturated carbocycles. The summed E-state index contributed by atoms with van der Waals surface area (Å²) in [7, 11) is 0. The molecule has 5 rings (SSSR count). The van der Waals surface area contributed by atoms with Crippen LogP contribution in [0.2, 0.25) is 5.02 Å². The predicted molar refractivity (Wildman–Crippen MR) is 128 cm³/mol. The molecule has 0 unspecified atom stereocenters. The number of benzene rings is 1. The van der Waals surface area contributed by atoms with Crippen molar-refractivity contribution in [2.24, 2.45) is 0 Å². The van der Waals surface area contributed by atoms with Gasteiger partial charge in [0.25, 0.3) is 5.56 Å². The molecule has 1 aromatic carbocycles. The molecule has 4 aromatic rings. The average molecular weight is 463 g/mol. The van der Waals surface area contributed by atoms with E-state index in [1.54, 1.807) is 35.4 Å². The Hall–Kier alpha value is -3.36. The fourth-order valence-corrected chi connectivity index (χ4v) is 4.36. The highest BCUT2D eigenvalue weighted by Gasteiger charge is 2.18. The van der Waals surface area contributed by atoms with Gasteiger partial charge in [0, 0.05) is 71.5 Å². The Morgan fingerprint density at radius 1 is 1.12 bits per heavy atom. The minimum absolute atomic E-state index is 0.144. The lowest BCUT2D eigenvalue weighted by atomic mass is 10.0. The molecule has 9 heteroatoms. The van der Waals surface area contributed by atoms with Crippen LogP contribution in [0.4, 0.5) is 5.95 Å². The summed E-state index contributed by atoms with van der Waals surface area (Å²) < 4.78 is 7.07. The molecule has 0 amide bonds. The summed E-state index contributed by atoms with van der Waals surface area (Å²) in [4.78, 5) is 31.0. The van der Waals surface area contributed by atoms with Crippen LogP contribution in [0.3, 0.4) is 0 Å². The summed E-state index contributed by atoms with van der Waals surface area (Å²) in [5.74, 6) is 0.523. The van der Waals surface area contributed by atoms with Crippen LogP contribution < -0.4 is 10.9 Å². The molecule has 3 aromatic heterocycles. The average Bonchev–Trinajstić information content (AvgIpc) is 2.85. The van der Waals surface area contributed by atoms with Gasteiger partial charge in [-0.1, -0.05) is 23.7 Å². The standard InChI is InChI=1S/C24H23ClN6O2/c1-2-31-22-16(13-28-24(30-22)29-17-5-9-33-10-6-17)11-19(23(31)32)18-4-3-15(12-20(18)25)21-14-26-7-8-27-21/h3-4,7-8,11-14,17H,2,5-6,9-10H2,1H3,(H,28,29,30). The molecule has 1 fully saturated rings. The van der Waals surface area contributed by atoms with E-state index in [-0.39, 0.29) is 11.6 Å². The fraction of sp³-hybridized carbons (Fsp3) is 0.292. The minimum Gasteiger partial charge on any atom is -0.381 e. The Balaban J connectivity index is 1.54. The summed E-state index contributed by atoms with van der Waals surface area (Å²) >= 11 is 6.62. The van der Waals surface area contributed by atoms with E-state index in [1.807, 2.05) is 25.1 Å². The van der Waals surface area contributed by atoms with Gasteiger partial charge in [-0.3, -0.25) is 19.3 Å². The van der Waals surface area contributed by atoms with Crippen molar-refractivity contribution in [3.63, 3.8) is 0 Å². The molecule has 4 heterocycles. The normalized spacial score (nSPS) is 14.5. The molecule has 1 aliphatic rings. The maximum atomic E-state index is 13.4. The van der Waals surface area contributed by atoms with Crippen molar-refractivity contribution >= 4 is 28.6 Å². The molecule has 33 heavy (non-hydrogen) atoms. The Morgan fingerprint density at radius 3 is 2.70 bits per heavy atom. The quantitative estimate of drug-likeness (QED) is 0.475. The van der Waals surface area contributed by atoms with E-state index in [4.69, 9.17) is 16.3 Å². The molecule has 8 nitrogen and oxygen atoms in total. The molecule has 0 bridgehead atoms. The number of fused-ring (bicyclic) bond motifs is 1. The van der Waals surface area contributed by atoms with Crippen molar-refractivity contribution in [1.82, 2.24) is 24.5 Å². The van der Waals surface area contributed by atoms with Crippen molar-refractivity contribution in [2.75, 3.05) is 18.5 Å². The van der Waals surface area contributed by atoms with E-state index in [0.29, 0.717) is 40.0 Å². The number of rotatable bonds is 5. The van der Waals surface area contributed by atoms with Gasteiger partial charge in [0.1, 0.15) is 5.65 Å². The molecule has 1 aliphatic heterocycles. The summed E-state index contributed by atoms with van der Waals surface area (Å²) in [5.41, 5.74) is 3.17. The van der Waals surface area contributed by atoms with Gasteiger partial charge in [-0.2, -0.15) is 4.98 Å². The van der Waals surface area contributed by atoms with E-state index in [1.165, 1.54) is 0 Å². The van der Waals surface area contributed by atoms with Crippen molar-refractivity contribution < 1.29 is 4.74 Å². The van der Waals surface area contributed by atoms with Gasteiger partial charge in [0.05, 0.1) is 11.9 Å². The lowest BCUT2D eigenvalue weighted by molar-refractivity contribution is 0.0903. The second-order valence-electron chi connectivity index (χ2n) is 7.90. The number of halogens is 1. The number of pyridine rings is 1. The van der Waals surface area contributed by atoms with Gasteiger partial charge in [-0.25, -0.2) is 4.98 Å². The number of hydrogen-bond acceptors (Lipinski definition) is 7. The zero-order chi connectivity index (χ0) is 22.8. The molecular formula is C24H23ClN6O2. The van der Waals surface area contributed by atoms with E-state index >= 15 is 0 Å². The monoisotopic (exact) mass is 462 g/mol. The van der Waals surface area contributed by atoms with Gasteiger partial charge in [-0.15, -0.1) is 0 Å². The van der Waals surface area contributed by atoms with E-state index in [0.717, 1.165) is 37.0 Å². The maximum absolute atomic E-state index is 13.4. The summed E-state index contributed by atoms with van der Waals surface area (Å²) in [6.45, 7) is 3.86. The third kappa shape index (κ3) is 4.31. The third-order valence-corrected chi connectivity index (χ3v) is 6.13. The molecule has 168 valence electrons. The van der Waals surface area contributed by atoms with E-state index < -0.39 is 0 Å². The summed E-state index contributed by atoms with van der Waals surface area (Å²) in [6, 6.07) is 7.62. The zero-order valence-electron chi connectivity index (χ0n) is 18.2. The van der Waals surface area contributed by atoms with Crippen molar-refractivity contribution in [1.29, 1.82) is 0 Å². The summed E-state index contributed by atoms with van der Waals surface area (Å²) in [6.07, 6.45) is 8.49. The summed E-state index contributed by atoms with van der Waals surface area (Å²) in [5, 5.41) is 4.62. The smallest absolute Gasteiger partial charge is 0.260 e. The van der Waals surface area contributed by atoms with Crippen LogP contribution in [0.1, 0.15) is 19.8 Å². The first kappa shape index (κ1) is 21.5. The van der Waals surface area contributed by atoms with Crippen LogP contribution in [0.5, 0.6) is 0 Å². The first-order valence-corrected chi connectivity index (χ1v) is 11.3. The van der Waals surface area contributed by atoms with Crippen LogP contribution in [0.15, 0.2) is 53.8 Å². The molecule has 0 atom stereocenters. The maximum Gasteiger partial charge on any atom is 0.260 e.